The van der Waals surface area contributed by atoms with Crippen LogP contribution in [0.2, 0.25) is 0 Å². The maximum absolute atomic E-state index is 13.0. The van der Waals surface area contributed by atoms with Crippen molar-refractivity contribution in [2.45, 2.75) is 30.6 Å². The number of methoxy groups -OCH3 is 2. The van der Waals surface area contributed by atoms with Crippen molar-refractivity contribution in [3.8, 4) is 11.5 Å². The zero-order valence-electron chi connectivity index (χ0n) is 18.7. The summed E-state index contributed by atoms with van der Waals surface area (Å²) in [6.45, 7) is 0.670. The largest absolute Gasteiger partial charge is 0.493 e. The first kappa shape index (κ1) is 24.5. The van der Waals surface area contributed by atoms with Gasteiger partial charge in [0.2, 0.25) is 10.0 Å². The molecule has 2 aromatic rings. The fourth-order valence-electron chi connectivity index (χ4n) is 3.54. The van der Waals surface area contributed by atoms with Gasteiger partial charge < -0.3 is 19.5 Å². The number of nitrogens with zero attached hydrogens (tertiary/aromatic N) is 1. The molecule has 1 fully saturated rings. The minimum Gasteiger partial charge on any atom is -0.493 e. The Labute approximate surface area is 193 Å². The molecule has 1 N–H and O–H groups in total. The molecule has 3 rings (SSSR count). The van der Waals surface area contributed by atoms with Crippen LogP contribution in [0.15, 0.2) is 47.4 Å². The van der Waals surface area contributed by atoms with Gasteiger partial charge in [-0.1, -0.05) is 18.9 Å². The van der Waals surface area contributed by atoms with Crippen molar-refractivity contribution in [2.75, 3.05) is 39.2 Å². The number of esters is 1. The van der Waals surface area contributed by atoms with Gasteiger partial charge in [-0.3, -0.25) is 4.79 Å². The van der Waals surface area contributed by atoms with E-state index >= 15 is 0 Å². The van der Waals surface area contributed by atoms with E-state index in [9.17, 15) is 18.0 Å². The molecular formula is C23H28N2O7S. The van der Waals surface area contributed by atoms with Crippen LogP contribution in [-0.4, -0.2) is 58.5 Å². The van der Waals surface area contributed by atoms with E-state index in [-0.39, 0.29) is 28.6 Å². The summed E-state index contributed by atoms with van der Waals surface area (Å²) in [5.41, 5.74) is 0.640. The number of anilines is 1. The summed E-state index contributed by atoms with van der Waals surface area (Å²) >= 11 is 0. The number of ether oxygens (including phenoxy) is 3. The summed E-state index contributed by atoms with van der Waals surface area (Å²) in [4.78, 5) is 24.2. The van der Waals surface area contributed by atoms with Crippen LogP contribution < -0.4 is 14.8 Å². The molecule has 9 nitrogen and oxygen atoms in total. The minimum atomic E-state index is -3.62. The fourth-order valence-corrected chi connectivity index (χ4v) is 5.10. The molecule has 10 heteroatoms. The first-order chi connectivity index (χ1) is 15.8. The lowest BCUT2D eigenvalue weighted by molar-refractivity contribution is -0.118. The smallest absolute Gasteiger partial charge is 0.337 e. The van der Waals surface area contributed by atoms with Crippen molar-refractivity contribution < 1.29 is 32.2 Å². The standard InChI is InChI=1S/C23H28N2O7S/c1-30-21-14-17(23(27)31-2)10-11-20(21)32-16-22(26)24-18-8-7-9-19(15-18)33(28,29)25-12-5-3-4-6-13-25/h7-11,14-15H,3-6,12-13,16H2,1-2H3,(H,24,26). The predicted molar refractivity (Wildman–Crippen MR) is 122 cm³/mol. The molecule has 33 heavy (non-hydrogen) atoms. The highest BCUT2D eigenvalue weighted by Gasteiger charge is 2.25. The summed E-state index contributed by atoms with van der Waals surface area (Å²) in [5, 5.41) is 2.65. The van der Waals surface area contributed by atoms with E-state index in [1.54, 1.807) is 12.1 Å². The van der Waals surface area contributed by atoms with Crippen LogP contribution >= 0.6 is 0 Å². The maximum Gasteiger partial charge on any atom is 0.337 e. The van der Waals surface area contributed by atoms with Crippen molar-refractivity contribution in [3.63, 3.8) is 0 Å². The number of hydrogen-bond acceptors (Lipinski definition) is 7. The first-order valence-corrected chi connectivity index (χ1v) is 12.1. The van der Waals surface area contributed by atoms with E-state index in [0.717, 1.165) is 25.7 Å². The highest BCUT2D eigenvalue weighted by molar-refractivity contribution is 7.89. The second-order valence-corrected chi connectivity index (χ2v) is 9.48. The van der Waals surface area contributed by atoms with Gasteiger partial charge >= 0.3 is 5.97 Å². The third-order valence-electron chi connectivity index (χ3n) is 5.26. The van der Waals surface area contributed by atoms with Crippen molar-refractivity contribution in [1.29, 1.82) is 0 Å². The van der Waals surface area contributed by atoms with E-state index in [4.69, 9.17) is 9.47 Å². The quantitative estimate of drug-likeness (QED) is 0.583. The molecule has 178 valence electrons. The number of amides is 1. The summed E-state index contributed by atoms with van der Waals surface area (Å²) in [6, 6.07) is 10.6. The predicted octanol–water partition coefficient (Wildman–Crippen LogP) is 3.06. The SMILES string of the molecule is COC(=O)c1ccc(OCC(=O)Nc2cccc(S(=O)(=O)N3CCCCCC3)c2)c(OC)c1. The summed E-state index contributed by atoms with van der Waals surface area (Å²) in [7, 11) is -0.933. The van der Waals surface area contributed by atoms with Gasteiger partial charge in [0.15, 0.2) is 18.1 Å². The van der Waals surface area contributed by atoms with Gasteiger partial charge in [-0.15, -0.1) is 0 Å². The Kier molecular flexibility index (Phi) is 8.29. The van der Waals surface area contributed by atoms with E-state index in [1.807, 2.05) is 0 Å². The molecule has 1 aliphatic heterocycles. The molecule has 0 radical (unpaired) electrons. The lowest BCUT2D eigenvalue weighted by Gasteiger charge is -2.20. The van der Waals surface area contributed by atoms with Crippen LogP contribution in [-0.2, 0) is 19.6 Å². The van der Waals surface area contributed by atoms with E-state index < -0.39 is 21.9 Å². The molecule has 0 saturated carbocycles. The number of carbonyl (C=O) groups excluding carboxylic acids is 2. The molecule has 2 aromatic carbocycles. The van der Waals surface area contributed by atoms with Gasteiger partial charge in [0.25, 0.3) is 5.91 Å². The third-order valence-corrected chi connectivity index (χ3v) is 7.16. The summed E-state index contributed by atoms with van der Waals surface area (Å²) in [6.07, 6.45) is 3.74. The fraction of sp³-hybridized carbons (Fsp3) is 0.391. The van der Waals surface area contributed by atoms with Gasteiger partial charge in [-0.05, 0) is 49.2 Å². The average molecular weight is 477 g/mol. The molecular weight excluding hydrogens is 448 g/mol. The van der Waals surface area contributed by atoms with E-state index in [1.165, 1.54) is 48.9 Å². The maximum atomic E-state index is 13.0. The van der Waals surface area contributed by atoms with E-state index in [2.05, 4.69) is 10.1 Å². The van der Waals surface area contributed by atoms with E-state index in [0.29, 0.717) is 18.8 Å². The van der Waals surface area contributed by atoms with Crippen LogP contribution in [0.4, 0.5) is 5.69 Å². The first-order valence-electron chi connectivity index (χ1n) is 10.6. The Bertz CT molecular complexity index is 1090. The zero-order chi connectivity index (χ0) is 23.8. The number of nitrogens with one attached hydrogen (secondary N) is 1. The molecule has 0 spiro atoms. The van der Waals surface area contributed by atoms with Crippen LogP contribution in [0.3, 0.4) is 0 Å². The van der Waals surface area contributed by atoms with Crippen LogP contribution in [0.5, 0.6) is 11.5 Å². The normalized spacial score (nSPS) is 14.7. The van der Waals surface area contributed by atoms with Gasteiger partial charge in [0.1, 0.15) is 0 Å². The molecule has 1 aliphatic rings. The minimum absolute atomic E-state index is 0.142. The van der Waals surface area contributed by atoms with Crippen molar-refractivity contribution in [1.82, 2.24) is 4.31 Å². The average Bonchev–Trinajstić information content (AvgIpc) is 3.12. The topological polar surface area (TPSA) is 111 Å². The number of benzene rings is 2. The third kappa shape index (κ3) is 6.23. The lowest BCUT2D eigenvalue weighted by atomic mass is 10.2. The molecule has 1 saturated heterocycles. The summed E-state index contributed by atoms with van der Waals surface area (Å²) < 4.78 is 42.9. The molecule has 0 unspecified atom stereocenters. The second kappa shape index (κ2) is 11.2. The van der Waals surface area contributed by atoms with Crippen LogP contribution in [0.1, 0.15) is 36.0 Å². The Morgan fingerprint density at radius 1 is 0.970 bits per heavy atom. The molecule has 0 bridgehead atoms. The number of hydrogen-bond donors (Lipinski definition) is 1. The van der Waals surface area contributed by atoms with Crippen LogP contribution in [0, 0.1) is 0 Å². The molecule has 0 atom stereocenters. The Hall–Kier alpha value is -3.11. The highest BCUT2D eigenvalue weighted by Crippen LogP contribution is 2.28. The van der Waals surface area contributed by atoms with Crippen molar-refractivity contribution in [3.05, 3.63) is 48.0 Å². The lowest BCUT2D eigenvalue weighted by Crippen LogP contribution is -2.32. The number of sulfonamides is 1. The molecule has 1 heterocycles. The highest BCUT2D eigenvalue weighted by atomic mass is 32.2. The van der Waals surface area contributed by atoms with Gasteiger partial charge in [0.05, 0.1) is 24.7 Å². The zero-order valence-corrected chi connectivity index (χ0v) is 19.5. The number of carbonyl (C=O) groups is 2. The van der Waals surface area contributed by atoms with Gasteiger partial charge in [0, 0.05) is 18.8 Å². The number of rotatable bonds is 8. The van der Waals surface area contributed by atoms with Gasteiger partial charge in [-0.2, -0.15) is 4.31 Å². The Morgan fingerprint density at radius 2 is 1.70 bits per heavy atom. The molecule has 0 aromatic heterocycles. The second-order valence-electron chi connectivity index (χ2n) is 7.54. The van der Waals surface area contributed by atoms with Crippen LogP contribution in [0.25, 0.3) is 0 Å². The summed E-state index contributed by atoms with van der Waals surface area (Å²) in [5.74, 6) is -0.444. The molecule has 0 aliphatic carbocycles. The monoisotopic (exact) mass is 476 g/mol. The van der Waals surface area contributed by atoms with Crippen molar-refractivity contribution >= 4 is 27.6 Å². The van der Waals surface area contributed by atoms with Gasteiger partial charge in [-0.25, -0.2) is 13.2 Å². The van der Waals surface area contributed by atoms with Crippen molar-refractivity contribution in [2.24, 2.45) is 0 Å². The Morgan fingerprint density at radius 3 is 2.36 bits per heavy atom. The Balaban J connectivity index is 1.65. The molecule has 1 amide bonds.